The summed E-state index contributed by atoms with van der Waals surface area (Å²) in [6.45, 7) is 3.98. The molecular formula is C16H13NO2S. The number of benzene rings is 1. The molecule has 0 fully saturated rings. The van der Waals surface area contributed by atoms with Crippen LogP contribution in [0.15, 0.2) is 36.4 Å². The molecule has 1 N–H and O–H groups in total. The number of nitrogens with zero attached hydrogens (tertiary/aromatic N) is 1. The fourth-order valence-corrected chi connectivity index (χ4v) is 3.10. The number of fused-ring (bicyclic) bond motifs is 1. The van der Waals surface area contributed by atoms with Crippen LogP contribution < -0.4 is 0 Å². The molecule has 0 unspecified atom stereocenters. The van der Waals surface area contributed by atoms with E-state index in [9.17, 15) is 9.90 Å². The van der Waals surface area contributed by atoms with Crippen LogP contribution in [0, 0.1) is 13.8 Å². The van der Waals surface area contributed by atoms with Crippen molar-refractivity contribution in [3.63, 3.8) is 0 Å². The Labute approximate surface area is 120 Å². The van der Waals surface area contributed by atoms with Crippen LogP contribution in [0.5, 0.6) is 0 Å². The number of pyridine rings is 1. The second-order valence-corrected chi connectivity index (χ2v) is 6.03. The number of aromatic nitrogens is 1. The maximum absolute atomic E-state index is 11.5. The lowest BCUT2D eigenvalue weighted by Gasteiger charge is -2.07. The number of carboxylic acids is 1. The number of rotatable bonds is 2. The van der Waals surface area contributed by atoms with E-state index in [4.69, 9.17) is 0 Å². The minimum absolute atomic E-state index is 0.305. The largest absolute Gasteiger partial charge is 0.478 e. The Bertz CT molecular complexity index is 820. The number of carbonyl (C=O) groups is 1. The van der Waals surface area contributed by atoms with E-state index in [1.54, 1.807) is 17.4 Å². The third kappa shape index (κ3) is 2.08. The summed E-state index contributed by atoms with van der Waals surface area (Å²) in [5.74, 6) is -0.919. The van der Waals surface area contributed by atoms with Crippen LogP contribution in [0.3, 0.4) is 0 Å². The first kappa shape index (κ1) is 12.8. The molecule has 0 saturated heterocycles. The second-order valence-electron chi connectivity index (χ2n) is 4.74. The van der Waals surface area contributed by atoms with Crippen molar-refractivity contribution in [2.24, 2.45) is 0 Å². The van der Waals surface area contributed by atoms with E-state index in [-0.39, 0.29) is 0 Å². The highest BCUT2D eigenvalue weighted by Crippen LogP contribution is 2.30. The molecule has 1 aromatic carbocycles. The van der Waals surface area contributed by atoms with Crippen LogP contribution in [0.25, 0.3) is 21.5 Å². The molecule has 0 saturated carbocycles. The molecule has 0 aliphatic rings. The van der Waals surface area contributed by atoms with Gasteiger partial charge in [-0.1, -0.05) is 18.2 Å². The second kappa shape index (κ2) is 4.72. The van der Waals surface area contributed by atoms with Crippen molar-refractivity contribution in [3.05, 3.63) is 52.4 Å². The number of hydrogen-bond donors (Lipinski definition) is 1. The highest BCUT2D eigenvalue weighted by molar-refractivity contribution is 7.15. The van der Waals surface area contributed by atoms with Gasteiger partial charge in [-0.15, -0.1) is 11.3 Å². The lowest BCUT2D eigenvalue weighted by molar-refractivity contribution is 0.0699. The monoisotopic (exact) mass is 283 g/mol. The summed E-state index contributed by atoms with van der Waals surface area (Å²) in [5, 5.41) is 10.1. The highest BCUT2D eigenvalue weighted by atomic mass is 32.1. The smallest absolute Gasteiger partial charge is 0.336 e. The Morgan fingerprint density at radius 1 is 1.20 bits per heavy atom. The van der Waals surface area contributed by atoms with E-state index < -0.39 is 5.97 Å². The fourth-order valence-electron chi connectivity index (χ4n) is 2.27. The molecule has 0 aliphatic carbocycles. The Hall–Kier alpha value is -2.20. The number of para-hydroxylation sites is 1. The quantitative estimate of drug-likeness (QED) is 0.763. The summed E-state index contributed by atoms with van der Waals surface area (Å²) >= 11 is 1.62. The molecule has 0 spiro atoms. The molecule has 20 heavy (non-hydrogen) atoms. The standard InChI is InChI=1S/C16H13NO2S/c1-9-4-3-5-11-12(16(18)19)8-13(17-15(9)11)14-7-6-10(2)20-14/h3-8H,1-2H3,(H,18,19). The first-order chi connectivity index (χ1) is 9.56. The van der Waals surface area contributed by atoms with Crippen molar-refractivity contribution < 1.29 is 9.90 Å². The molecule has 4 heteroatoms. The predicted octanol–water partition coefficient (Wildman–Crippen LogP) is 4.28. The number of hydrogen-bond acceptors (Lipinski definition) is 3. The Morgan fingerprint density at radius 3 is 2.65 bits per heavy atom. The first-order valence-electron chi connectivity index (χ1n) is 6.27. The highest BCUT2D eigenvalue weighted by Gasteiger charge is 2.14. The lowest BCUT2D eigenvalue weighted by Crippen LogP contribution is -2.00. The van der Waals surface area contributed by atoms with Gasteiger partial charge in [0.05, 0.1) is 21.7 Å². The van der Waals surface area contributed by atoms with Crippen molar-refractivity contribution in [1.29, 1.82) is 0 Å². The van der Waals surface area contributed by atoms with Gasteiger partial charge in [0.2, 0.25) is 0 Å². The van der Waals surface area contributed by atoms with Gasteiger partial charge in [0.25, 0.3) is 0 Å². The van der Waals surface area contributed by atoms with Crippen LogP contribution in [0.4, 0.5) is 0 Å². The summed E-state index contributed by atoms with van der Waals surface area (Å²) in [4.78, 5) is 18.3. The van der Waals surface area contributed by atoms with Crippen LogP contribution in [-0.4, -0.2) is 16.1 Å². The summed E-state index contributed by atoms with van der Waals surface area (Å²) in [5.41, 5.74) is 2.77. The van der Waals surface area contributed by atoms with E-state index in [0.29, 0.717) is 10.9 Å². The van der Waals surface area contributed by atoms with Crippen molar-refractivity contribution in [2.75, 3.05) is 0 Å². The molecular weight excluding hydrogens is 270 g/mol. The summed E-state index contributed by atoms with van der Waals surface area (Å²) in [6, 6.07) is 11.3. The topological polar surface area (TPSA) is 50.2 Å². The fraction of sp³-hybridized carbons (Fsp3) is 0.125. The average molecular weight is 283 g/mol. The molecule has 100 valence electrons. The predicted molar refractivity (Wildman–Crippen MR) is 81.5 cm³/mol. The molecule has 3 aromatic rings. The SMILES string of the molecule is Cc1ccc(-c2cc(C(=O)O)c3cccc(C)c3n2)s1. The molecule has 0 bridgehead atoms. The number of carboxylic acid groups (broad SMARTS) is 1. The van der Waals surface area contributed by atoms with Crippen molar-refractivity contribution >= 4 is 28.2 Å². The Morgan fingerprint density at radius 2 is 2.00 bits per heavy atom. The molecule has 0 aliphatic heterocycles. The van der Waals surface area contributed by atoms with Gasteiger partial charge in [0.15, 0.2) is 0 Å². The molecule has 2 heterocycles. The minimum atomic E-state index is -0.919. The normalized spacial score (nSPS) is 10.9. The van der Waals surface area contributed by atoms with Crippen LogP contribution in [-0.2, 0) is 0 Å². The maximum Gasteiger partial charge on any atom is 0.336 e. The zero-order valence-electron chi connectivity index (χ0n) is 11.2. The van der Waals surface area contributed by atoms with Gasteiger partial charge in [-0.05, 0) is 37.6 Å². The third-order valence-electron chi connectivity index (χ3n) is 3.26. The Balaban J connectivity index is 2.35. The molecule has 0 amide bonds. The van der Waals surface area contributed by atoms with Crippen molar-refractivity contribution in [2.45, 2.75) is 13.8 Å². The third-order valence-corrected chi connectivity index (χ3v) is 4.29. The maximum atomic E-state index is 11.5. The molecule has 0 radical (unpaired) electrons. The van der Waals surface area contributed by atoms with Gasteiger partial charge in [-0.25, -0.2) is 9.78 Å². The van der Waals surface area contributed by atoms with Gasteiger partial charge in [-0.2, -0.15) is 0 Å². The molecule has 2 aromatic heterocycles. The molecule has 0 atom stereocenters. The van der Waals surface area contributed by atoms with E-state index in [1.165, 1.54) is 4.88 Å². The van der Waals surface area contributed by atoms with E-state index in [2.05, 4.69) is 4.98 Å². The van der Waals surface area contributed by atoms with E-state index in [0.717, 1.165) is 21.7 Å². The summed E-state index contributed by atoms with van der Waals surface area (Å²) in [7, 11) is 0. The average Bonchev–Trinajstić information content (AvgIpc) is 2.85. The first-order valence-corrected chi connectivity index (χ1v) is 7.08. The number of aromatic carboxylic acids is 1. The Kier molecular flexibility index (Phi) is 3.03. The van der Waals surface area contributed by atoms with Gasteiger partial charge >= 0.3 is 5.97 Å². The van der Waals surface area contributed by atoms with Gasteiger partial charge in [0.1, 0.15) is 0 Å². The lowest BCUT2D eigenvalue weighted by atomic mass is 10.0. The zero-order chi connectivity index (χ0) is 14.3. The van der Waals surface area contributed by atoms with Crippen molar-refractivity contribution in [3.8, 4) is 10.6 Å². The van der Waals surface area contributed by atoms with Crippen LogP contribution in [0.1, 0.15) is 20.8 Å². The van der Waals surface area contributed by atoms with E-state index >= 15 is 0 Å². The van der Waals surface area contributed by atoms with Crippen molar-refractivity contribution in [1.82, 2.24) is 4.98 Å². The van der Waals surface area contributed by atoms with Crippen LogP contribution in [0.2, 0.25) is 0 Å². The molecule has 3 rings (SSSR count). The van der Waals surface area contributed by atoms with Gasteiger partial charge < -0.3 is 5.11 Å². The zero-order valence-corrected chi connectivity index (χ0v) is 12.0. The summed E-state index contributed by atoms with van der Waals surface area (Å²) < 4.78 is 0. The number of thiophene rings is 1. The van der Waals surface area contributed by atoms with Gasteiger partial charge in [-0.3, -0.25) is 0 Å². The number of aryl methyl sites for hydroxylation is 2. The molecule has 3 nitrogen and oxygen atoms in total. The van der Waals surface area contributed by atoms with Gasteiger partial charge in [0, 0.05) is 10.3 Å². The minimum Gasteiger partial charge on any atom is -0.478 e. The van der Waals surface area contributed by atoms with Crippen LogP contribution >= 0.6 is 11.3 Å². The summed E-state index contributed by atoms with van der Waals surface area (Å²) in [6.07, 6.45) is 0. The van der Waals surface area contributed by atoms with E-state index in [1.807, 2.05) is 44.2 Å².